The van der Waals surface area contributed by atoms with Gasteiger partial charge in [-0.05, 0) is 37.3 Å². The average Bonchev–Trinajstić information content (AvgIpc) is 2.94. The monoisotopic (exact) mass is 306 g/mol. The first-order valence-electron chi connectivity index (χ1n) is 5.63. The van der Waals surface area contributed by atoms with E-state index in [1.165, 1.54) is 11.3 Å². The van der Waals surface area contributed by atoms with E-state index in [0.29, 0.717) is 27.0 Å². The van der Waals surface area contributed by atoms with Crippen molar-refractivity contribution in [2.45, 2.75) is 6.92 Å². The van der Waals surface area contributed by atoms with Crippen LogP contribution in [0.15, 0.2) is 18.2 Å². The minimum atomic E-state index is 0.126. The third-order valence-corrected chi connectivity index (χ3v) is 3.68. The molecule has 2 heterocycles. The number of rotatable bonds is 2. The van der Waals surface area contributed by atoms with Gasteiger partial charge in [0.2, 0.25) is 4.96 Å². The molecule has 0 saturated carbocycles. The summed E-state index contributed by atoms with van der Waals surface area (Å²) in [5.74, 6) is 0.820. The van der Waals surface area contributed by atoms with Crippen LogP contribution in [0.25, 0.3) is 15.5 Å². The zero-order valence-electron chi connectivity index (χ0n) is 10.4. The highest BCUT2D eigenvalue weighted by Gasteiger charge is 2.14. The molecule has 0 radical (unpaired) electrons. The molecule has 0 aliphatic carbocycles. The largest absolute Gasteiger partial charge is 0.507 e. The number of thiocarbonyl (C=S) groups is 1. The topological polar surface area (TPSA) is 101 Å². The molecule has 0 bridgehead atoms. The van der Waals surface area contributed by atoms with Gasteiger partial charge in [-0.1, -0.05) is 11.3 Å². The van der Waals surface area contributed by atoms with Crippen molar-refractivity contribution in [2.24, 2.45) is 5.73 Å². The lowest BCUT2D eigenvalue weighted by molar-refractivity contribution is 0.477. The molecule has 0 atom stereocenters. The van der Waals surface area contributed by atoms with Gasteiger partial charge in [-0.25, -0.2) is 0 Å². The number of aromatic hydroxyl groups is 1. The van der Waals surface area contributed by atoms with Crippen LogP contribution in [-0.4, -0.2) is 30.0 Å². The Balaban J connectivity index is 2.09. The summed E-state index contributed by atoms with van der Waals surface area (Å²) in [6.45, 7) is 1.81. The number of aromatic nitrogens is 4. The van der Waals surface area contributed by atoms with Crippen molar-refractivity contribution in [2.75, 3.05) is 5.32 Å². The third kappa shape index (κ3) is 2.17. The molecule has 0 saturated heterocycles. The second kappa shape index (κ2) is 4.69. The molecule has 3 aromatic rings. The Bertz CT molecular complexity index is 808. The van der Waals surface area contributed by atoms with Crippen LogP contribution in [0.1, 0.15) is 5.82 Å². The summed E-state index contributed by atoms with van der Waals surface area (Å²) >= 11 is 6.13. The van der Waals surface area contributed by atoms with Crippen molar-refractivity contribution in [1.29, 1.82) is 0 Å². The van der Waals surface area contributed by atoms with E-state index in [1.54, 1.807) is 22.7 Å². The molecule has 20 heavy (non-hydrogen) atoms. The van der Waals surface area contributed by atoms with Gasteiger partial charge in [0.15, 0.2) is 15.9 Å². The Morgan fingerprint density at radius 1 is 1.45 bits per heavy atom. The molecule has 3 rings (SSSR count). The number of phenols is 1. The maximum absolute atomic E-state index is 9.98. The molecule has 0 unspecified atom stereocenters. The summed E-state index contributed by atoms with van der Waals surface area (Å²) in [6.07, 6.45) is 0. The first-order chi connectivity index (χ1) is 9.54. The average molecular weight is 306 g/mol. The van der Waals surface area contributed by atoms with Gasteiger partial charge in [0, 0.05) is 5.69 Å². The van der Waals surface area contributed by atoms with Crippen molar-refractivity contribution in [1.82, 2.24) is 19.8 Å². The quantitative estimate of drug-likeness (QED) is 0.487. The Kier molecular flexibility index (Phi) is 2.99. The molecule has 0 amide bonds. The molecule has 1 aromatic carbocycles. The molecule has 0 aliphatic rings. The summed E-state index contributed by atoms with van der Waals surface area (Å²) in [6, 6.07) is 4.98. The van der Waals surface area contributed by atoms with Crippen LogP contribution < -0.4 is 11.1 Å². The zero-order chi connectivity index (χ0) is 14.3. The Morgan fingerprint density at radius 2 is 2.25 bits per heavy atom. The molecule has 0 aliphatic heterocycles. The molecule has 9 heteroatoms. The maximum Gasteiger partial charge on any atom is 0.234 e. The highest BCUT2D eigenvalue weighted by Crippen LogP contribution is 2.34. The lowest BCUT2D eigenvalue weighted by atomic mass is 10.2. The normalized spacial score (nSPS) is 10.8. The second-order valence-electron chi connectivity index (χ2n) is 4.07. The van der Waals surface area contributed by atoms with Gasteiger partial charge in [0.05, 0.1) is 5.56 Å². The maximum atomic E-state index is 9.98. The number of anilines is 1. The molecular formula is C11H10N6OS2. The van der Waals surface area contributed by atoms with Crippen LogP contribution in [0.5, 0.6) is 5.75 Å². The van der Waals surface area contributed by atoms with Crippen LogP contribution in [0.3, 0.4) is 0 Å². The Labute approximate surface area is 123 Å². The first-order valence-corrected chi connectivity index (χ1v) is 6.86. The van der Waals surface area contributed by atoms with E-state index in [4.69, 9.17) is 18.0 Å². The number of hydrogen-bond donors (Lipinski definition) is 3. The number of phenolic OH excluding ortho intramolecular Hbond substituents is 1. The minimum Gasteiger partial charge on any atom is -0.507 e. The SMILES string of the molecule is Cc1nnc2sc(-c3cc(NC(N)=S)ccc3O)nn12. The van der Waals surface area contributed by atoms with Crippen molar-refractivity contribution in [3.05, 3.63) is 24.0 Å². The Morgan fingerprint density at radius 3 is 2.95 bits per heavy atom. The van der Waals surface area contributed by atoms with Crippen LogP contribution in [0.2, 0.25) is 0 Å². The zero-order valence-corrected chi connectivity index (χ0v) is 12.0. The number of benzene rings is 1. The van der Waals surface area contributed by atoms with Gasteiger partial charge in [0.1, 0.15) is 5.75 Å². The number of nitrogens with zero attached hydrogens (tertiary/aromatic N) is 4. The highest BCUT2D eigenvalue weighted by atomic mass is 32.1. The lowest BCUT2D eigenvalue weighted by Gasteiger charge is -2.06. The summed E-state index contributed by atoms with van der Waals surface area (Å²) in [5.41, 5.74) is 6.71. The predicted octanol–water partition coefficient (Wildman–Crippen LogP) is 1.52. The molecule has 102 valence electrons. The van der Waals surface area contributed by atoms with Crippen LogP contribution in [-0.2, 0) is 0 Å². The van der Waals surface area contributed by atoms with E-state index < -0.39 is 0 Å². The highest BCUT2D eigenvalue weighted by molar-refractivity contribution is 7.80. The van der Waals surface area contributed by atoms with Gasteiger partial charge in [-0.2, -0.15) is 9.61 Å². The lowest BCUT2D eigenvalue weighted by Crippen LogP contribution is -2.18. The smallest absolute Gasteiger partial charge is 0.234 e. The molecule has 7 nitrogen and oxygen atoms in total. The number of fused-ring (bicyclic) bond motifs is 1. The van der Waals surface area contributed by atoms with Crippen LogP contribution in [0.4, 0.5) is 5.69 Å². The van der Waals surface area contributed by atoms with Crippen LogP contribution >= 0.6 is 23.6 Å². The number of nitrogens with one attached hydrogen (secondary N) is 1. The second-order valence-corrected chi connectivity index (χ2v) is 5.47. The van der Waals surface area contributed by atoms with E-state index in [9.17, 15) is 5.11 Å². The molecular weight excluding hydrogens is 296 g/mol. The minimum absolute atomic E-state index is 0.126. The summed E-state index contributed by atoms with van der Waals surface area (Å²) in [5, 5.41) is 25.9. The van der Waals surface area contributed by atoms with Crippen molar-refractivity contribution in [3.8, 4) is 16.3 Å². The van der Waals surface area contributed by atoms with E-state index in [2.05, 4.69) is 20.6 Å². The fourth-order valence-corrected chi connectivity index (χ4v) is 2.78. The first kappa shape index (κ1) is 12.8. The van der Waals surface area contributed by atoms with E-state index in [1.807, 2.05) is 6.92 Å². The van der Waals surface area contributed by atoms with E-state index >= 15 is 0 Å². The number of hydrogen-bond acceptors (Lipinski definition) is 6. The van der Waals surface area contributed by atoms with Crippen molar-refractivity contribution < 1.29 is 5.11 Å². The third-order valence-electron chi connectivity index (χ3n) is 2.64. The van der Waals surface area contributed by atoms with E-state index in [0.717, 1.165) is 0 Å². The van der Waals surface area contributed by atoms with E-state index in [-0.39, 0.29) is 10.9 Å². The van der Waals surface area contributed by atoms with Crippen molar-refractivity contribution >= 4 is 39.3 Å². The summed E-state index contributed by atoms with van der Waals surface area (Å²) < 4.78 is 1.63. The van der Waals surface area contributed by atoms with Gasteiger partial charge in [0.25, 0.3) is 0 Å². The fourth-order valence-electron chi connectivity index (χ4n) is 1.75. The van der Waals surface area contributed by atoms with Gasteiger partial charge in [-0.15, -0.1) is 10.2 Å². The van der Waals surface area contributed by atoms with Gasteiger partial charge < -0.3 is 16.2 Å². The summed E-state index contributed by atoms with van der Waals surface area (Å²) in [4.78, 5) is 0.671. The van der Waals surface area contributed by atoms with Gasteiger partial charge >= 0.3 is 0 Å². The van der Waals surface area contributed by atoms with Gasteiger partial charge in [-0.3, -0.25) is 0 Å². The summed E-state index contributed by atoms with van der Waals surface area (Å²) in [7, 11) is 0. The predicted molar refractivity (Wildman–Crippen MR) is 80.9 cm³/mol. The molecule has 0 spiro atoms. The fraction of sp³-hybridized carbons (Fsp3) is 0.0909. The molecule has 4 N–H and O–H groups in total. The van der Waals surface area contributed by atoms with Crippen LogP contribution in [0, 0.1) is 6.92 Å². The molecule has 0 fully saturated rings. The number of nitrogens with two attached hydrogens (primary N) is 1. The molecule has 2 aromatic heterocycles. The number of aryl methyl sites for hydroxylation is 1. The Hall–Kier alpha value is -2.26. The standard InChI is InChI=1S/C11H10N6OS2/c1-5-14-15-11-17(5)16-9(20-11)7-4-6(13-10(12)19)2-3-8(7)18/h2-4,18H,1H3,(H3,12,13,19). The van der Waals surface area contributed by atoms with Crippen molar-refractivity contribution in [3.63, 3.8) is 0 Å².